The molecule has 1 unspecified atom stereocenters. The van der Waals surface area contributed by atoms with Crippen LogP contribution in [0.1, 0.15) is 17.8 Å². The number of hydrogen-bond acceptors (Lipinski definition) is 5. The van der Waals surface area contributed by atoms with E-state index >= 15 is 0 Å². The number of aromatic nitrogens is 2. The smallest absolute Gasteiger partial charge is 0.244 e. The molecule has 0 amide bonds. The highest BCUT2D eigenvalue weighted by Gasteiger charge is 2.29. The molecule has 1 aromatic rings. The number of aryl methyl sites for hydroxylation is 1. The second-order valence-corrected chi connectivity index (χ2v) is 6.35. The van der Waals surface area contributed by atoms with Gasteiger partial charge in [0, 0.05) is 19.1 Å². The number of nitrogens with two attached hydrogens (primary N) is 1. The molecule has 18 heavy (non-hydrogen) atoms. The lowest BCUT2D eigenvalue weighted by Crippen LogP contribution is -2.37. The largest absolute Gasteiger partial charge is 0.325 e. The maximum Gasteiger partial charge on any atom is 0.244 e. The first kappa shape index (κ1) is 13.5. The van der Waals surface area contributed by atoms with Gasteiger partial charge < -0.3 is 10.6 Å². The lowest BCUT2D eigenvalue weighted by atomic mass is 10.3. The van der Waals surface area contributed by atoms with Gasteiger partial charge in [0.2, 0.25) is 10.0 Å². The van der Waals surface area contributed by atoms with Crippen molar-refractivity contribution >= 4 is 10.0 Å². The van der Waals surface area contributed by atoms with Crippen LogP contribution in [-0.4, -0.2) is 49.7 Å². The monoisotopic (exact) mass is 273 g/mol. The van der Waals surface area contributed by atoms with E-state index in [2.05, 4.69) is 19.8 Å². The summed E-state index contributed by atoms with van der Waals surface area (Å²) < 4.78 is 27.3. The average Bonchev–Trinajstić information content (AvgIpc) is 2.84. The predicted octanol–water partition coefficient (Wildman–Crippen LogP) is -0.841. The summed E-state index contributed by atoms with van der Waals surface area (Å²) in [4.78, 5) is 2.29. The number of aromatic amines is 1. The predicted molar refractivity (Wildman–Crippen MR) is 67.4 cm³/mol. The van der Waals surface area contributed by atoms with Gasteiger partial charge in [-0.1, -0.05) is 0 Å². The molecule has 0 radical (unpaired) electrons. The topological polar surface area (TPSA) is 104 Å². The number of likely N-dealkylation sites (N-methyl/N-ethyl adjacent to an activating group) is 1. The van der Waals surface area contributed by atoms with Crippen molar-refractivity contribution in [1.82, 2.24) is 19.8 Å². The van der Waals surface area contributed by atoms with E-state index in [0.717, 1.165) is 19.5 Å². The third kappa shape index (κ3) is 2.56. The van der Waals surface area contributed by atoms with Crippen molar-refractivity contribution in [3.63, 3.8) is 0 Å². The summed E-state index contributed by atoms with van der Waals surface area (Å²) in [6.45, 7) is 3.42. The summed E-state index contributed by atoms with van der Waals surface area (Å²) in [6.07, 6.45) is 0.824. The van der Waals surface area contributed by atoms with Gasteiger partial charge in [0.1, 0.15) is 4.90 Å². The van der Waals surface area contributed by atoms with Crippen LogP contribution in [0.5, 0.6) is 0 Å². The Labute approximate surface area is 107 Å². The van der Waals surface area contributed by atoms with E-state index in [0.29, 0.717) is 11.4 Å². The van der Waals surface area contributed by atoms with Crippen molar-refractivity contribution in [3.05, 3.63) is 11.4 Å². The second kappa shape index (κ2) is 4.96. The molecule has 2 rings (SSSR count). The zero-order valence-electron chi connectivity index (χ0n) is 10.6. The minimum absolute atomic E-state index is 0.0417. The summed E-state index contributed by atoms with van der Waals surface area (Å²) >= 11 is 0. The average molecular weight is 273 g/mol. The summed E-state index contributed by atoms with van der Waals surface area (Å²) in [5, 5.41) is 6.58. The molecule has 7 nitrogen and oxygen atoms in total. The first-order chi connectivity index (χ1) is 8.44. The van der Waals surface area contributed by atoms with Crippen molar-refractivity contribution in [1.29, 1.82) is 0 Å². The normalized spacial score (nSPS) is 21.6. The number of hydrogen-bond donors (Lipinski definition) is 3. The van der Waals surface area contributed by atoms with E-state index in [-0.39, 0.29) is 17.5 Å². The molecule has 1 aromatic heterocycles. The molecule has 1 fully saturated rings. The molecule has 1 saturated heterocycles. The number of rotatable bonds is 4. The maximum atomic E-state index is 12.3. The van der Waals surface area contributed by atoms with Crippen LogP contribution in [0.4, 0.5) is 0 Å². The van der Waals surface area contributed by atoms with Gasteiger partial charge in [-0.15, -0.1) is 0 Å². The van der Waals surface area contributed by atoms with Crippen LogP contribution in [-0.2, 0) is 16.6 Å². The van der Waals surface area contributed by atoms with Crippen molar-refractivity contribution < 1.29 is 8.42 Å². The fourth-order valence-corrected chi connectivity index (χ4v) is 3.91. The van der Waals surface area contributed by atoms with E-state index < -0.39 is 10.0 Å². The third-order valence-corrected chi connectivity index (χ3v) is 4.86. The summed E-state index contributed by atoms with van der Waals surface area (Å²) in [5.74, 6) is 0. The van der Waals surface area contributed by atoms with Crippen LogP contribution in [0, 0.1) is 6.92 Å². The lowest BCUT2D eigenvalue weighted by molar-refractivity contribution is 0.407. The Morgan fingerprint density at radius 3 is 2.89 bits per heavy atom. The maximum absolute atomic E-state index is 12.3. The number of H-pyrrole nitrogens is 1. The van der Waals surface area contributed by atoms with Gasteiger partial charge in [-0.3, -0.25) is 5.10 Å². The Hall–Kier alpha value is -0.960. The van der Waals surface area contributed by atoms with Crippen LogP contribution >= 0.6 is 0 Å². The Morgan fingerprint density at radius 2 is 2.33 bits per heavy atom. The molecule has 1 aliphatic heterocycles. The highest BCUT2D eigenvalue weighted by Crippen LogP contribution is 2.19. The minimum atomic E-state index is -3.55. The zero-order chi connectivity index (χ0) is 13.3. The minimum Gasteiger partial charge on any atom is -0.325 e. The van der Waals surface area contributed by atoms with Crippen LogP contribution in [0.25, 0.3) is 0 Å². The molecular weight excluding hydrogens is 254 g/mol. The molecule has 0 bridgehead atoms. The molecule has 1 aliphatic rings. The van der Waals surface area contributed by atoms with Gasteiger partial charge in [-0.25, -0.2) is 13.1 Å². The van der Waals surface area contributed by atoms with Crippen molar-refractivity contribution in [2.75, 3.05) is 20.1 Å². The molecule has 102 valence electrons. The molecule has 2 heterocycles. The number of sulfonamides is 1. The summed E-state index contributed by atoms with van der Waals surface area (Å²) in [6, 6.07) is -0.0417. The Morgan fingerprint density at radius 1 is 1.61 bits per heavy atom. The molecule has 4 N–H and O–H groups in total. The molecule has 0 spiro atoms. The summed E-state index contributed by atoms with van der Waals surface area (Å²) in [5.41, 5.74) is 6.41. The zero-order valence-corrected chi connectivity index (χ0v) is 11.4. The van der Waals surface area contributed by atoms with Crippen molar-refractivity contribution in [2.24, 2.45) is 5.73 Å². The van der Waals surface area contributed by atoms with Gasteiger partial charge in [-0.2, -0.15) is 5.10 Å². The highest BCUT2D eigenvalue weighted by molar-refractivity contribution is 7.89. The highest BCUT2D eigenvalue weighted by atomic mass is 32.2. The number of likely N-dealkylation sites (tertiary alicyclic amines) is 1. The van der Waals surface area contributed by atoms with Gasteiger partial charge >= 0.3 is 0 Å². The van der Waals surface area contributed by atoms with Crippen LogP contribution < -0.4 is 10.5 Å². The van der Waals surface area contributed by atoms with Crippen LogP contribution in [0.2, 0.25) is 0 Å². The number of nitrogens with one attached hydrogen (secondary N) is 2. The van der Waals surface area contributed by atoms with Crippen molar-refractivity contribution in [2.45, 2.75) is 30.8 Å². The molecule has 0 aliphatic carbocycles. The fourth-order valence-electron chi connectivity index (χ4n) is 2.27. The van der Waals surface area contributed by atoms with Gasteiger partial charge in [0.25, 0.3) is 0 Å². The van der Waals surface area contributed by atoms with E-state index in [1.54, 1.807) is 6.92 Å². The van der Waals surface area contributed by atoms with E-state index in [1.165, 1.54) is 0 Å². The van der Waals surface area contributed by atoms with Gasteiger partial charge in [0.05, 0.1) is 11.4 Å². The molecule has 8 heteroatoms. The second-order valence-electron chi connectivity index (χ2n) is 4.70. The Balaban J connectivity index is 2.22. The summed E-state index contributed by atoms with van der Waals surface area (Å²) in [7, 11) is -1.57. The van der Waals surface area contributed by atoms with Crippen LogP contribution in [0.3, 0.4) is 0 Å². The van der Waals surface area contributed by atoms with E-state index in [9.17, 15) is 8.42 Å². The van der Waals surface area contributed by atoms with E-state index in [1.807, 2.05) is 7.05 Å². The molecule has 0 aromatic carbocycles. The van der Waals surface area contributed by atoms with Gasteiger partial charge in [0.15, 0.2) is 0 Å². The Kier molecular flexibility index (Phi) is 3.71. The van der Waals surface area contributed by atoms with Crippen LogP contribution in [0.15, 0.2) is 4.90 Å². The quantitative estimate of drug-likeness (QED) is 0.663. The van der Waals surface area contributed by atoms with Crippen molar-refractivity contribution in [3.8, 4) is 0 Å². The number of nitrogens with zero attached hydrogens (tertiary/aromatic N) is 2. The fraction of sp³-hybridized carbons (Fsp3) is 0.700. The molecular formula is C10H19N5O2S. The SMILES string of the molecule is Cc1[nH]nc(CN)c1S(=O)(=O)NC1CCN(C)C1. The lowest BCUT2D eigenvalue weighted by Gasteiger charge is -2.13. The van der Waals surface area contributed by atoms with E-state index in [4.69, 9.17) is 5.73 Å². The first-order valence-electron chi connectivity index (χ1n) is 5.89. The standard InChI is InChI=1S/C10H19N5O2S/c1-7-10(9(5-11)13-12-7)18(16,17)14-8-3-4-15(2)6-8/h8,14H,3-6,11H2,1-2H3,(H,12,13). The first-order valence-corrected chi connectivity index (χ1v) is 7.37. The van der Waals surface area contributed by atoms with Gasteiger partial charge in [-0.05, 0) is 26.9 Å². The Bertz CT molecular complexity index is 524. The molecule has 1 atom stereocenters. The molecule has 0 saturated carbocycles. The third-order valence-electron chi connectivity index (χ3n) is 3.14.